The van der Waals surface area contributed by atoms with Gasteiger partial charge in [0.2, 0.25) is 0 Å². The molecule has 154 valence electrons. The molecule has 0 bridgehead atoms. The summed E-state index contributed by atoms with van der Waals surface area (Å²) in [5.74, 6) is -0.965. The standard InChI is InChI=1S/C23H20INO5/c1-4-30-23(28)17-11(2)25-20-13-7-5-6-8-14(13)21(26)19(20)18(17)12-9-15(24)22(27)16(10-12)29-3/h5-10,18,25,27H,4H2,1-3H3/t18-/m0/s1. The number of Topliss-reactive ketones (excluding diaryl/α,β-unsaturated/α-hetero) is 1. The molecule has 2 aromatic rings. The second kappa shape index (κ2) is 7.79. The van der Waals surface area contributed by atoms with Crippen LogP contribution in [0.3, 0.4) is 0 Å². The Morgan fingerprint density at radius 3 is 2.60 bits per heavy atom. The number of rotatable bonds is 4. The van der Waals surface area contributed by atoms with Crippen molar-refractivity contribution in [2.75, 3.05) is 13.7 Å². The van der Waals surface area contributed by atoms with Crippen molar-refractivity contribution in [3.05, 3.63) is 73.5 Å². The van der Waals surface area contributed by atoms with Gasteiger partial charge >= 0.3 is 5.97 Å². The van der Waals surface area contributed by atoms with E-state index in [1.165, 1.54) is 7.11 Å². The molecule has 0 aromatic heterocycles. The average Bonchev–Trinajstić information content (AvgIpc) is 3.01. The summed E-state index contributed by atoms with van der Waals surface area (Å²) in [6, 6.07) is 10.8. The minimum absolute atomic E-state index is 0.0180. The first-order valence-corrected chi connectivity index (χ1v) is 10.6. The summed E-state index contributed by atoms with van der Waals surface area (Å²) in [5.41, 5.74) is 4.28. The molecule has 30 heavy (non-hydrogen) atoms. The highest BCUT2D eigenvalue weighted by Crippen LogP contribution is 2.48. The number of phenols is 1. The highest BCUT2D eigenvalue weighted by Gasteiger charge is 2.43. The molecule has 6 nitrogen and oxygen atoms in total. The van der Waals surface area contributed by atoms with E-state index in [-0.39, 0.29) is 23.9 Å². The monoisotopic (exact) mass is 517 g/mol. The first-order valence-electron chi connectivity index (χ1n) is 9.48. The van der Waals surface area contributed by atoms with Gasteiger partial charge in [0.1, 0.15) is 0 Å². The van der Waals surface area contributed by atoms with Crippen LogP contribution in [0.5, 0.6) is 11.5 Å². The Kier molecular flexibility index (Phi) is 5.31. The number of carbonyl (C=O) groups excluding carboxylic acids is 2. The molecule has 2 N–H and O–H groups in total. The molecule has 0 amide bonds. The number of phenolic OH excluding ortho intramolecular Hbond substituents is 1. The molecule has 1 heterocycles. The quantitative estimate of drug-likeness (QED) is 0.469. The number of methoxy groups -OCH3 is 1. The molecular formula is C23H20INO5. The van der Waals surface area contributed by atoms with Gasteiger partial charge in [0.15, 0.2) is 17.3 Å². The first-order chi connectivity index (χ1) is 14.4. The molecule has 0 spiro atoms. The Morgan fingerprint density at radius 2 is 1.93 bits per heavy atom. The number of hydrogen-bond acceptors (Lipinski definition) is 6. The van der Waals surface area contributed by atoms with Gasteiger partial charge in [0.25, 0.3) is 0 Å². The Labute approximate surface area is 187 Å². The molecule has 1 aliphatic carbocycles. The van der Waals surface area contributed by atoms with Crippen LogP contribution in [0.4, 0.5) is 0 Å². The zero-order valence-electron chi connectivity index (χ0n) is 16.7. The van der Waals surface area contributed by atoms with Crippen molar-refractivity contribution in [3.63, 3.8) is 0 Å². The zero-order chi connectivity index (χ0) is 21.6. The van der Waals surface area contributed by atoms with Crippen molar-refractivity contribution in [1.29, 1.82) is 0 Å². The van der Waals surface area contributed by atoms with Crippen LogP contribution in [0.2, 0.25) is 0 Å². The zero-order valence-corrected chi connectivity index (χ0v) is 18.9. The fourth-order valence-electron chi connectivity index (χ4n) is 4.06. The average molecular weight is 517 g/mol. The molecule has 0 saturated heterocycles. The third-order valence-electron chi connectivity index (χ3n) is 5.35. The predicted molar refractivity (Wildman–Crippen MR) is 120 cm³/mol. The fraction of sp³-hybridized carbons (Fsp3) is 0.217. The number of aromatic hydroxyl groups is 1. The molecule has 2 aliphatic rings. The van der Waals surface area contributed by atoms with Crippen molar-refractivity contribution in [1.82, 2.24) is 5.32 Å². The summed E-state index contributed by atoms with van der Waals surface area (Å²) in [6.07, 6.45) is 0. The van der Waals surface area contributed by atoms with Gasteiger partial charge in [-0.2, -0.15) is 0 Å². The van der Waals surface area contributed by atoms with Crippen LogP contribution in [-0.2, 0) is 9.53 Å². The molecule has 0 radical (unpaired) electrons. The number of allylic oxidation sites excluding steroid dienone is 2. The number of esters is 1. The number of carbonyl (C=O) groups is 2. The molecule has 1 atom stereocenters. The van der Waals surface area contributed by atoms with Crippen molar-refractivity contribution in [2.45, 2.75) is 19.8 Å². The molecule has 7 heteroatoms. The summed E-state index contributed by atoms with van der Waals surface area (Å²) < 4.78 is 11.2. The van der Waals surface area contributed by atoms with Crippen LogP contribution in [0, 0.1) is 3.57 Å². The highest BCUT2D eigenvalue weighted by molar-refractivity contribution is 14.1. The van der Waals surface area contributed by atoms with Gasteiger partial charge in [-0.05, 0) is 54.1 Å². The molecular weight excluding hydrogens is 497 g/mol. The van der Waals surface area contributed by atoms with E-state index < -0.39 is 11.9 Å². The molecule has 0 saturated carbocycles. The van der Waals surface area contributed by atoms with Gasteiger partial charge in [-0.3, -0.25) is 4.79 Å². The number of dihydropyridines is 1. The van der Waals surface area contributed by atoms with Crippen molar-refractivity contribution >= 4 is 40.0 Å². The Bertz CT molecular complexity index is 1150. The Morgan fingerprint density at radius 1 is 1.23 bits per heavy atom. The molecule has 2 aromatic carbocycles. The smallest absolute Gasteiger partial charge is 0.336 e. The fourth-order valence-corrected chi connectivity index (χ4v) is 4.68. The lowest BCUT2D eigenvalue weighted by atomic mass is 9.79. The van der Waals surface area contributed by atoms with Crippen LogP contribution in [-0.4, -0.2) is 30.6 Å². The third-order valence-corrected chi connectivity index (χ3v) is 6.17. The second-order valence-corrected chi connectivity index (χ2v) is 8.20. The number of nitrogens with one attached hydrogen (secondary N) is 1. The number of benzene rings is 2. The van der Waals surface area contributed by atoms with E-state index in [0.717, 1.165) is 5.56 Å². The summed E-state index contributed by atoms with van der Waals surface area (Å²) >= 11 is 2.01. The third kappa shape index (κ3) is 3.08. The lowest BCUT2D eigenvalue weighted by molar-refractivity contribution is -0.138. The molecule has 0 fully saturated rings. The number of halogens is 1. The normalized spacial score (nSPS) is 17.5. The van der Waals surface area contributed by atoms with Crippen LogP contribution >= 0.6 is 22.6 Å². The summed E-state index contributed by atoms with van der Waals surface area (Å²) in [6.45, 7) is 3.77. The van der Waals surface area contributed by atoms with E-state index in [9.17, 15) is 14.7 Å². The number of hydrogen-bond donors (Lipinski definition) is 2. The second-order valence-electron chi connectivity index (χ2n) is 7.03. The van der Waals surface area contributed by atoms with E-state index in [1.807, 2.05) is 40.8 Å². The minimum atomic E-state index is -0.650. The van der Waals surface area contributed by atoms with Crippen LogP contribution in [0.15, 0.2) is 53.2 Å². The first kappa shape index (κ1) is 20.5. The molecule has 0 unspecified atom stereocenters. The van der Waals surface area contributed by atoms with Gasteiger partial charge in [-0.25, -0.2) is 4.79 Å². The highest BCUT2D eigenvalue weighted by atomic mass is 127. The summed E-state index contributed by atoms with van der Waals surface area (Å²) in [7, 11) is 1.46. The van der Waals surface area contributed by atoms with Gasteiger partial charge < -0.3 is 19.9 Å². The van der Waals surface area contributed by atoms with E-state index in [0.29, 0.717) is 37.2 Å². The lowest BCUT2D eigenvalue weighted by Crippen LogP contribution is -2.29. The van der Waals surface area contributed by atoms with Gasteiger partial charge in [0, 0.05) is 28.3 Å². The van der Waals surface area contributed by atoms with Crippen LogP contribution in [0.25, 0.3) is 5.70 Å². The van der Waals surface area contributed by atoms with Crippen molar-refractivity contribution < 1.29 is 24.2 Å². The largest absolute Gasteiger partial charge is 0.504 e. The summed E-state index contributed by atoms with van der Waals surface area (Å²) in [5, 5.41) is 13.5. The van der Waals surface area contributed by atoms with Crippen LogP contribution < -0.4 is 10.1 Å². The molecule has 1 aliphatic heterocycles. The van der Waals surface area contributed by atoms with Gasteiger partial charge in [-0.15, -0.1) is 0 Å². The van der Waals surface area contributed by atoms with Crippen molar-refractivity contribution in [3.8, 4) is 11.5 Å². The minimum Gasteiger partial charge on any atom is -0.504 e. The van der Waals surface area contributed by atoms with E-state index in [4.69, 9.17) is 9.47 Å². The molecule has 4 rings (SSSR count). The van der Waals surface area contributed by atoms with E-state index >= 15 is 0 Å². The number of ketones is 1. The lowest BCUT2D eigenvalue weighted by Gasteiger charge is -2.29. The number of ether oxygens (including phenoxy) is 2. The Hall–Kier alpha value is -2.81. The van der Waals surface area contributed by atoms with Gasteiger partial charge in [-0.1, -0.05) is 24.3 Å². The van der Waals surface area contributed by atoms with E-state index in [2.05, 4.69) is 5.32 Å². The van der Waals surface area contributed by atoms with Crippen molar-refractivity contribution in [2.24, 2.45) is 0 Å². The van der Waals surface area contributed by atoms with E-state index in [1.54, 1.807) is 32.0 Å². The van der Waals surface area contributed by atoms with Crippen LogP contribution in [0.1, 0.15) is 41.3 Å². The Balaban J connectivity index is 1.97. The SMILES string of the molecule is CCOC(=O)C1=C(C)NC2=C(C(=O)c3ccccc32)[C@H]1c1cc(I)c(O)c(OC)c1. The maximum Gasteiger partial charge on any atom is 0.336 e. The maximum atomic E-state index is 13.4. The predicted octanol–water partition coefficient (Wildman–Crippen LogP) is 4.14. The topological polar surface area (TPSA) is 84.9 Å². The maximum absolute atomic E-state index is 13.4. The summed E-state index contributed by atoms with van der Waals surface area (Å²) in [4.78, 5) is 26.3. The number of fused-ring (bicyclic) bond motifs is 2. The van der Waals surface area contributed by atoms with Gasteiger partial charge in [0.05, 0.1) is 28.6 Å².